The Kier molecular flexibility index (Phi) is 5.79. The second-order valence-electron chi connectivity index (χ2n) is 6.09. The summed E-state index contributed by atoms with van der Waals surface area (Å²) in [5.74, 6) is 2.12. The van der Waals surface area contributed by atoms with Crippen molar-refractivity contribution in [2.24, 2.45) is 0 Å². The molecule has 1 saturated heterocycles. The van der Waals surface area contributed by atoms with E-state index in [1.807, 2.05) is 37.3 Å². The summed E-state index contributed by atoms with van der Waals surface area (Å²) < 4.78 is 10.8. The van der Waals surface area contributed by atoms with Gasteiger partial charge in [-0.3, -0.25) is 9.80 Å². The van der Waals surface area contributed by atoms with Crippen LogP contribution in [0.4, 0.5) is 0 Å². The van der Waals surface area contributed by atoms with Gasteiger partial charge in [-0.25, -0.2) is 0 Å². The van der Waals surface area contributed by atoms with E-state index in [4.69, 9.17) is 9.26 Å². The molecule has 0 saturated carbocycles. The van der Waals surface area contributed by atoms with Crippen LogP contribution in [0.1, 0.15) is 11.7 Å². The van der Waals surface area contributed by atoms with Crippen LogP contribution in [0, 0.1) is 6.92 Å². The summed E-state index contributed by atoms with van der Waals surface area (Å²) in [6.07, 6.45) is -0.490. The summed E-state index contributed by atoms with van der Waals surface area (Å²) in [6.45, 7) is 7.12. The number of nitrogens with zero attached hydrogens (tertiary/aromatic N) is 4. The molecule has 0 amide bonds. The van der Waals surface area contributed by atoms with Gasteiger partial charge in [0.1, 0.15) is 18.5 Å². The van der Waals surface area contributed by atoms with Crippen LogP contribution in [0.25, 0.3) is 0 Å². The summed E-state index contributed by atoms with van der Waals surface area (Å²) in [5.41, 5.74) is 0. The molecule has 1 aromatic carbocycles. The third kappa shape index (κ3) is 5.02. The number of ether oxygens (including phenoxy) is 1. The van der Waals surface area contributed by atoms with Gasteiger partial charge in [0.15, 0.2) is 5.82 Å². The first-order valence-corrected chi connectivity index (χ1v) is 8.29. The number of aryl methyl sites for hydroxylation is 1. The lowest BCUT2D eigenvalue weighted by Gasteiger charge is -2.34. The molecule has 0 spiro atoms. The smallest absolute Gasteiger partial charge is 0.240 e. The molecular formula is C17H24N4O3. The Morgan fingerprint density at radius 1 is 1.17 bits per heavy atom. The predicted octanol–water partition coefficient (Wildman–Crippen LogP) is 0.936. The number of hydrogen-bond acceptors (Lipinski definition) is 7. The van der Waals surface area contributed by atoms with Crippen LogP contribution in [0.2, 0.25) is 0 Å². The molecule has 7 nitrogen and oxygen atoms in total. The Bertz CT molecular complexity index is 611. The molecule has 1 aliphatic heterocycles. The van der Waals surface area contributed by atoms with E-state index >= 15 is 0 Å². The van der Waals surface area contributed by atoms with E-state index in [1.165, 1.54) is 0 Å². The van der Waals surface area contributed by atoms with Gasteiger partial charge in [0.25, 0.3) is 0 Å². The third-order valence-electron chi connectivity index (χ3n) is 4.05. The van der Waals surface area contributed by atoms with Gasteiger partial charge in [-0.1, -0.05) is 23.4 Å². The van der Waals surface area contributed by atoms with Crippen molar-refractivity contribution in [3.63, 3.8) is 0 Å². The fourth-order valence-electron chi connectivity index (χ4n) is 2.79. The minimum atomic E-state index is -0.490. The number of aromatic nitrogens is 2. The van der Waals surface area contributed by atoms with E-state index in [9.17, 15) is 5.11 Å². The molecule has 1 fully saturated rings. The predicted molar refractivity (Wildman–Crippen MR) is 88.7 cm³/mol. The highest BCUT2D eigenvalue weighted by Gasteiger charge is 2.21. The average molecular weight is 332 g/mol. The van der Waals surface area contributed by atoms with E-state index in [2.05, 4.69) is 19.9 Å². The van der Waals surface area contributed by atoms with Crippen LogP contribution in [-0.2, 0) is 6.54 Å². The number of aliphatic hydroxyl groups is 1. The van der Waals surface area contributed by atoms with Crippen molar-refractivity contribution in [3.8, 4) is 5.75 Å². The highest BCUT2D eigenvalue weighted by atomic mass is 16.5. The second kappa shape index (κ2) is 8.23. The Hall–Kier alpha value is -1.96. The molecule has 1 aromatic heterocycles. The maximum atomic E-state index is 10.2. The van der Waals surface area contributed by atoms with Gasteiger partial charge in [0.05, 0.1) is 6.54 Å². The topological polar surface area (TPSA) is 74.9 Å². The Balaban J connectivity index is 1.35. The monoisotopic (exact) mass is 332 g/mol. The van der Waals surface area contributed by atoms with Crippen molar-refractivity contribution < 1.29 is 14.4 Å². The van der Waals surface area contributed by atoms with Gasteiger partial charge in [0, 0.05) is 32.7 Å². The largest absolute Gasteiger partial charge is 0.491 e. The van der Waals surface area contributed by atoms with Gasteiger partial charge in [-0.2, -0.15) is 4.98 Å². The number of piperazine rings is 1. The third-order valence-corrected chi connectivity index (χ3v) is 4.05. The minimum Gasteiger partial charge on any atom is -0.491 e. The van der Waals surface area contributed by atoms with Crippen LogP contribution in [-0.4, -0.2) is 70.5 Å². The molecule has 2 aromatic rings. The van der Waals surface area contributed by atoms with Gasteiger partial charge in [0.2, 0.25) is 5.89 Å². The first-order valence-electron chi connectivity index (χ1n) is 8.29. The summed E-state index contributed by atoms with van der Waals surface area (Å²) in [6, 6.07) is 9.57. The Morgan fingerprint density at radius 3 is 2.54 bits per heavy atom. The molecule has 1 aliphatic rings. The zero-order valence-electron chi connectivity index (χ0n) is 14.0. The molecule has 24 heavy (non-hydrogen) atoms. The van der Waals surface area contributed by atoms with E-state index in [0.29, 0.717) is 31.4 Å². The van der Waals surface area contributed by atoms with Gasteiger partial charge >= 0.3 is 0 Å². The van der Waals surface area contributed by atoms with Crippen molar-refractivity contribution in [1.29, 1.82) is 0 Å². The first-order chi connectivity index (χ1) is 11.7. The Morgan fingerprint density at radius 2 is 1.88 bits per heavy atom. The molecule has 130 valence electrons. The van der Waals surface area contributed by atoms with Crippen LogP contribution in [0.15, 0.2) is 34.9 Å². The first kappa shape index (κ1) is 16.9. The van der Waals surface area contributed by atoms with E-state index in [0.717, 1.165) is 31.9 Å². The maximum absolute atomic E-state index is 10.2. The summed E-state index contributed by atoms with van der Waals surface area (Å²) in [4.78, 5) is 8.78. The number of rotatable bonds is 7. The summed E-state index contributed by atoms with van der Waals surface area (Å²) >= 11 is 0. The highest BCUT2D eigenvalue weighted by molar-refractivity contribution is 5.20. The van der Waals surface area contributed by atoms with Gasteiger partial charge < -0.3 is 14.4 Å². The highest BCUT2D eigenvalue weighted by Crippen LogP contribution is 2.10. The van der Waals surface area contributed by atoms with E-state index < -0.39 is 6.10 Å². The zero-order valence-corrected chi connectivity index (χ0v) is 14.0. The number of para-hydroxylation sites is 1. The summed E-state index contributed by atoms with van der Waals surface area (Å²) in [5, 5.41) is 14.0. The number of hydrogen-bond donors (Lipinski definition) is 1. The molecule has 0 unspecified atom stereocenters. The SMILES string of the molecule is Cc1noc(CN2CCN(C[C@@H](O)COc3ccccc3)CC2)n1. The van der Waals surface area contributed by atoms with Crippen molar-refractivity contribution in [2.45, 2.75) is 19.6 Å². The van der Waals surface area contributed by atoms with Gasteiger partial charge in [-0.05, 0) is 19.1 Å². The molecule has 1 atom stereocenters. The van der Waals surface area contributed by atoms with Crippen LogP contribution in [0.5, 0.6) is 5.75 Å². The van der Waals surface area contributed by atoms with Crippen LogP contribution >= 0.6 is 0 Å². The Labute approximate surface area is 141 Å². The van der Waals surface area contributed by atoms with Crippen molar-refractivity contribution in [2.75, 3.05) is 39.3 Å². The molecule has 3 rings (SSSR count). The maximum Gasteiger partial charge on any atom is 0.240 e. The molecule has 7 heteroatoms. The van der Waals surface area contributed by atoms with Crippen LogP contribution < -0.4 is 4.74 Å². The normalized spacial score (nSPS) is 17.8. The second-order valence-corrected chi connectivity index (χ2v) is 6.09. The molecule has 1 N–H and O–H groups in total. The van der Waals surface area contributed by atoms with Crippen LogP contribution in [0.3, 0.4) is 0 Å². The molecule has 0 bridgehead atoms. The van der Waals surface area contributed by atoms with E-state index in [-0.39, 0.29) is 0 Å². The lowest BCUT2D eigenvalue weighted by Crippen LogP contribution is -2.48. The average Bonchev–Trinajstić information content (AvgIpc) is 3.01. The number of benzene rings is 1. The fourth-order valence-corrected chi connectivity index (χ4v) is 2.79. The lowest BCUT2D eigenvalue weighted by atomic mass is 10.2. The molecule has 0 aliphatic carbocycles. The van der Waals surface area contributed by atoms with Crippen molar-refractivity contribution in [1.82, 2.24) is 19.9 Å². The van der Waals surface area contributed by atoms with Crippen molar-refractivity contribution in [3.05, 3.63) is 42.0 Å². The molecule has 0 radical (unpaired) electrons. The lowest BCUT2D eigenvalue weighted by molar-refractivity contribution is 0.0426. The van der Waals surface area contributed by atoms with Crippen molar-refractivity contribution >= 4 is 0 Å². The zero-order chi connectivity index (χ0) is 16.8. The number of β-amino-alcohol motifs (C(OH)–C–C–N with tert-alkyl or cyclic N) is 1. The quantitative estimate of drug-likeness (QED) is 0.808. The number of aliphatic hydroxyl groups excluding tert-OH is 1. The minimum absolute atomic E-state index is 0.311. The van der Waals surface area contributed by atoms with Gasteiger partial charge in [-0.15, -0.1) is 0 Å². The van der Waals surface area contributed by atoms with E-state index in [1.54, 1.807) is 0 Å². The summed E-state index contributed by atoms with van der Waals surface area (Å²) in [7, 11) is 0. The fraction of sp³-hybridized carbons (Fsp3) is 0.529. The standard InChI is InChI=1S/C17H24N4O3/c1-14-18-17(24-19-14)12-21-9-7-20(8-10-21)11-15(22)13-23-16-5-3-2-4-6-16/h2-6,15,22H,7-13H2,1H3/t15-/m1/s1. The molecular weight excluding hydrogens is 308 g/mol. The molecule has 2 heterocycles.